The van der Waals surface area contributed by atoms with Crippen LogP contribution in [-0.4, -0.2) is 49.4 Å². The van der Waals surface area contributed by atoms with Crippen LogP contribution in [0.4, 0.5) is 0 Å². The summed E-state index contributed by atoms with van der Waals surface area (Å²) in [6.07, 6.45) is -0.128. The molecule has 2 atom stereocenters. The SMILES string of the molecule is CC(C(=O)NCC1COCCO1)C(N)=NO. The molecule has 92 valence electrons. The van der Waals surface area contributed by atoms with Gasteiger partial charge in [-0.25, -0.2) is 0 Å². The molecule has 0 aromatic rings. The van der Waals surface area contributed by atoms with Gasteiger partial charge in [0.05, 0.1) is 31.8 Å². The molecule has 0 aromatic carbocycles. The Morgan fingerprint density at radius 2 is 2.44 bits per heavy atom. The molecule has 0 aliphatic carbocycles. The summed E-state index contributed by atoms with van der Waals surface area (Å²) in [5, 5.41) is 13.8. The average molecular weight is 231 g/mol. The predicted molar refractivity (Wildman–Crippen MR) is 56.1 cm³/mol. The first-order valence-corrected chi connectivity index (χ1v) is 5.09. The Morgan fingerprint density at radius 3 is 3.00 bits per heavy atom. The highest BCUT2D eigenvalue weighted by atomic mass is 16.6. The lowest BCUT2D eigenvalue weighted by Crippen LogP contribution is -2.43. The minimum atomic E-state index is -0.658. The molecule has 7 nitrogen and oxygen atoms in total. The Labute approximate surface area is 93.6 Å². The normalized spacial score (nSPS) is 23.8. The minimum Gasteiger partial charge on any atom is -0.409 e. The van der Waals surface area contributed by atoms with E-state index in [1.54, 1.807) is 6.92 Å². The molecule has 0 saturated carbocycles. The molecule has 1 heterocycles. The van der Waals surface area contributed by atoms with E-state index in [4.69, 9.17) is 20.4 Å². The number of amidine groups is 1. The van der Waals surface area contributed by atoms with E-state index in [-0.39, 0.29) is 17.8 Å². The molecule has 16 heavy (non-hydrogen) atoms. The fourth-order valence-corrected chi connectivity index (χ4v) is 1.24. The zero-order valence-corrected chi connectivity index (χ0v) is 9.18. The van der Waals surface area contributed by atoms with Crippen molar-refractivity contribution in [2.45, 2.75) is 13.0 Å². The Morgan fingerprint density at radius 1 is 1.69 bits per heavy atom. The van der Waals surface area contributed by atoms with Crippen molar-refractivity contribution in [2.75, 3.05) is 26.4 Å². The number of rotatable bonds is 4. The molecule has 0 spiro atoms. The summed E-state index contributed by atoms with van der Waals surface area (Å²) in [5.41, 5.74) is 5.31. The lowest BCUT2D eigenvalue weighted by Gasteiger charge is -2.23. The topological polar surface area (TPSA) is 106 Å². The molecule has 2 unspecified atom stereocenters. The van der Waals surface area contributed by atoms with E-state index < -0.39 is 5.92 Å². The maximum absolute atomic E-state index is 11.5. The molecular weight excluding hydrogens is 214 g/mol. The lowest BCUT2D eigenvalue weighted by atomic mass is 10.1. The number of carbonyl (C=O) groups is 1. The number of nitrogens with one attached hydrogen (secondary N) is 1. The monoisotopic (exact) mass is 231 g/mol. The van der Waals surface area contributed by atoms with Crippen LogP contribution in [0.3, 0.4) is 0 Å². The van der Waals surface area contributed by atoms with Gasteiger partial charge in [-0.1, -0.05) is 5.16 Å². The van der Waals surface area contributed by atoms with Gasteiger partial charge in [0.15, 0.2) is 5.84 Å². The first kappa shape index (κ1) is 12.7. The number of oxime groups is 1. The number of nitrogens with zero attached hydrogens (tertiary/aromatic N) is 1. The number of carbonyl (C=O) groups excluding carboxylic acids is 1. The van der Waals surface area contributed by atoms with Crippen molar-refractivity contribution in [3.63, 3.8) is 0 Å². The summed E-state index contributed by atoms with van der Waals surface area (Å²) in [4.78, 5) is 11.5. The molecule has 4 N–H and O–H groups in total. The predicted octanol–water partition coefficient (Wildman–Crippen LogP) is -1.10. The van der Waals surface area contributed by atoms with Gasteiger partial charge in [-0.15, -0.1) is 0 Å². The second-order valence-corrected chi connectivity index (χ2v) is 3.56. The minimum absolute atomic E-state index is 0.113. The Kier molecular flexibility index (Phi) is 5.00. The van der Waals surface area contributed by atoms with Gasteiger partial charge < -0.3 is 25.7 Å². The third kappa shape index (κ3) is 3.67. The summed E-state index contributed by atoms with van der Waals surface area (Å²) in [7, 11) is 0. The summed E-state index contributed by atoms with van der Waals surface area (Å²) < 4.78 is 10.5. The molecule has 1 aliphatic rings. The second kappa shape index (κ2) is 6.29. The Hall–Kier alpha value is -1.34. The van der Waals surface area contributed by atoms with Crippen LogP contribution in [0.2, 0.25) is 0 Å². The van der Waals surface area contributed by atoms with E-state index in [0.717, 1.165) is 0 Å². The number of hydrogen-bond donors (Lipinski definition) is 3. The lowest BCUT2D eigenvalue weighted by molar-refractivity contribution is -0.125. The molecular formula is C9H17N3O4. The molecule has 1 aliphatic heterocycles. The third-order valence-corrected chi connectivity index (χ3v) is 2.34. The zero-order valence-electron chi connectivity index (χ0n) is 9.18. The zero-order chi connectivity index (χ0) is 12.0. The summed E-state index contributed by atoms with van der Waals surface area (Å²) >= 11 is 0. The standard InChI is InChI=1S/C9H17N3O4/c1-6(8(10)12-14)9(13)11-4-7-5-15-2-3-16-7/h6-7,14H,2-5H2,1H3,(H2,10,12)(H,11,13). The van der Waals surface area contributed by atoms with E-state index in [0.29, 0.717) is 26.4 Å². The van der Waals surface area contributed by atoms with E-state index in [1.807, 2.05) is 0 Å². The average Bonchev–Trinajstić information content (AvgIpc) is 2.35. The molecule has 0 radical (unpaired) electrons. The van der Waals surface area contributed by atoms with Gasteiger partial charge in [0, 0.05) is 6.54 Å². The highest BCUT2D eigenvalue weighted by Gasteiger charge is 2.20. The molecule has 7 heteroatoms. The van der Waals surface area contributed by atoms with Crippen molar-refractivity contribution in [3.05, 3.63) is 0 Å². The third-order valence-electron chi connectivity index (χ3n) is 2.34. The number of ether oxygens (including phenoxy) is 2. The first-order chi connectivity index (χ1) is 7.65. The van der Waals surface area contributed by atoms with Crippen LogP contribution in [0.1, 0.15) is 6.92 Å². The molecule has 1 amide bonds. The highest BCUT2D eigenvalue weighted by Crippen LogP contribution is 2.00. The maximum atomic E-state index is 11.5. The van der Waals surface area contributed by atoms with Crippen molar-refractivity contribution < 1.29 is 19.5 Å². The Balaban J connectivity index is 2.28. The second-order valence-electron chi connectivity index (χ2n) is 3.56. The molecule has 1 fully saturated rings. The molecule has 0 bridgehead atoms. The van der Waals surface area contributed by atoms with Crippen LogP contribution in [0.25, 0.3) is 0 Å². The fourth-order valence-electron chi connectivity index (χ4n) is 1.24. The van der Waals surface area contributed by atoms with Crippen molar-refractivity contribution in [2.24, 2.45) is 16.8 Å². The van der Waals surface area contributed by atoms with Crippen LogP contribution in [-0.2, 0) is 14.3 Å². The van der Waals surface area contributed by atoms with Gasteiger partial charge >= 0.3 is 0 Å². The van der Waals surface area contributed by atoms with E-state index in [2.05, 4.69) is 10.5 Å². The van der Waals surface area contributed by atoms with Crippen LogP contribution >= 0.6 is 0 Å². The van der Waals surface area contributed by atoms with Gasteiger partial charge in [0.25, 0.3) is 0 Å². The van der Waals surface area contributed by atoms with Crippen molar-refractivity contribution in [1.82, 2.24) is 5.32 Å². The van der Waals surface area contributed by atoms with Gasteiger partial charge in [0.2, 0.25) is 5.91 Å². The summed E-state index contributed by atoms with van der Waals surface area (Å²) in [6.45, 7) is 3.52. The summed E-state index contributed by atoms with van der Waals surface area (Å²) in [5.74, 6) is -1.07. The quantitative estimate of drug-likeness (QED) is 0.246. The molecule has 1 saturated heterocycles. The highest BCUT2D eigenvalue weighted by molar-refractivity contribution is 6.01. The van der Waals surface area contributed by atoms with E-state index in [9.17, 15) is 4.79 Å². The summed E-state index contributed by atoms with van der Waals surface area (Å²) in [6, 6.07) is 0. The van der Waals surface area contributed by atoms with Gasteiger partial charge in [0.1, 0.15) is 0 Å². The number of amides is 1. The van der Waals surface area contributed by atoms with Crippen molar-refractivity contribution >= 4 is 11.7 Å². The van der Waals surface area contributed by atoms with E-state index in [1.165, 1.54) is 0 Å². The smallest absolute Gasteiger partial charge is 0.230 e. The fraction of sp³-hybridized carbons (Fsp3) is 0.778. The van der Waals surface area contributed by atoms with Gasteiger partial charge in [-0.05, 0) is 6.92 Å². The van der Waals surface area contributed by atoms with Crippen molar-refractivity contribution in [1.29, 1.82) is 0 Å². The van der Waals surface area contributed by atoms with Crippen LogP contribution in [0.5, 0.6) is 0 Å². The van der Waals surface area contributed by atoms with Crippen LogP contribution in [0, 0.1) is 5.92 Å². The number of nitrogens with two attached hydrogens (primary N) is 1. The van der Waals surface area contributed by atoms with Gasteiger partial charge in [-0.2, -0.15) is 0 Å². The first-order valence-electron chi connectivity index (χ1n) is 5.09. The van der Waals surface area contributed by atoms with Crippen LogP contribution in [0.15, 0.2) is 5.16 Å². The molecule has 0 aromatic heterocycles. The largest absolute Gasteiger partial charge is 0.409 e. The van der Waals surface area contributed by atoms with Crippen LogP contribution < -0.4 is 11.1 Å². The Bertz CT molecular complexity index is 263. The van der Waals surface area contributed by atoms with Gasteiger partial charge in [-0.3, -0.25) is 4.79 Å². The number of hydrogen-bond acceptors (Lipinski definition) is 5. The van der Waals surface area contributed by atoms with E-state index >= 15 is 0 Å². The maximum Gasteiger partial charge on any atom is 0.230 e. The molecule has 1 rings (SSSR count). The van der Waals surface area contributed by atoms with Crippen molar-refractivity contribution in [3.8, 4) is 0 Å².